The van der Waals surface area contributed by atoms with Crippen molar-refractivity contribution < 1.29 is 9.59 Å². The van der Waals surface area contributed by atoms with Crippen molar-refractivity contribution in [2.75, 3.05) is 27.2 Å². The molecule has 3 rings (SSSR count). The molecule has 2 amide bonds. The molecule has 156 valence electrons. The SMILES string of the molecule is Cc1ccccc1CNC(=O)c1nc(C(=O)NCCCN(C)C)c2n1CCCC2. The van der Waals surface area contributed by atoms with Gasteiger partial charge in [0.1, 0.15) is 5.69 Å². The van der Waals surface area contributed by atoms with E-state index in [2.05, 4.69) is 20.5 Å². The average molecular weight is 398 g/mol. The van der Waals surface area contributed by atoms with Crippen LogP contribution in [0.1, 0.15) is 57.2 Å². The van der Waals surface area contributed by atoms with E-state index in [0.717, 1.165) is 55.6 Å². The number of hydrogen-bond donors (Lipinski definition) is 2. The molecule has 2 N–H and O–H groups in total. The van der Waals surface area contributed by atoms with Gasteiger partial charge in [-0.3, -0.25) is 9.59 Å². The Labute approximate surface area is 172 Å². The van der Waals surface area contributed by atoms with Gasteiger partial charge in [-0.25, -0.2) is 4.98 Å². The summed E-state index contributed by atoms with van der Waals surface area (Å²) in [4.78, 5) is 32.1. The van der Waals surface area contributed by atoms with E-state index in [4.69, 9.17) is 0 Å². The van der Waals surface area contributed by atoms with Crippen LogP contribution in [0.4, 0.5) is 0 Å². The minimum atomic E-state index is -0.233. The summed E-state index contributed by atoms with van der Waals surface area (Å²) >= 11 is 0. The molecule has 1 aliphatic rings. The van der Waals surface area contributed by atoms with Crippen molar-refractivity contribution in [1.29, 1.82) is 0 Å². The summed E-state index contributed by atoms with van der Waals surface area (Å²) in [6, 6.07) is 7.97. The van der Waals surface area contributed by atoms with Crippen molar-refractivity contribution in [3.63, 3.8) is 0 Å². The van der Waals surface area contributed by atoms with Gasteiger partial charge in [-0.2, -0.15) is 0 Å². The fourth-order valence-electron chi connectivity index (χ4n) is 3.64. The first-order chi connectivity index (χ1) is 14.0. The fraction of sp³-hybridized carbons (Fsp3) is 0.500. The second-order valence-corrected chi connectivity index (χ2v) is 7.86. The van der Waals surface area contributed by atoms with Crippen LogP contribution in [-0.2, 0) is 19.5 Å². The molecule has 1 aliphatic heterocycles. The summed E-state index contributed by atoms with van der Waals surface area (Å²) in [6.45, 7) is 4.70. The molecular weight excluding hydrogens is 366 g/mol. The lowest BCUT2D eigenvalue weighted by Crippen LogP contribution is -2.28. The van der Waals surface area contributed by atoms with Gasteiger partial charge < -0.3 is 20.1 Å². The standard InChI is InChI=1S/C22H31N5O2/c1-16-9-4-5-10-17(16)15-24-22(29)20-25-19(18-11-6-7-14-27(18)20)21(28)23-12-8-13-26(2)3/h4-5,9-10H,6-8,11-15H2,1-3H3,(H,23,28)(H,24,29). The Morgan fingerprint density at radius 1 is 1.14 bits per heavy atom. The highest BCUT2D eigenvalue weighted by Gasteiger charge is 2.27. The van der Waals surface area contributed by atoms with Crippen LogP contribution >= 0.6 is 0 Å². The van der Waals surface area contributed by atoms with Gasteiger partial charge in [-0.15, -0.1) is 0 Å². The minimum absolute atomic E-state index is 0.188. The van der Waals surface area contributed by atoms with Gasteiger partial charge >= 0.3 is 0 Å². The number of carbonyl (C=O) groups excluding carboxylic acids is 2. The zero-order valence-corrected chi connectivity index (χ0v) is 17.6. The Hall–Kier alpha value is -2.67. The highest BCUT2D eigenvalue weighted by atomic mass is 16.2. The molecule has 7 heteroatoms. The summed E-state index contributed by atoms with van der Waals surface area (Å²) in [5.41, 5.74) is 3.49. The molecule has 0 fully saturated rings. The summed E-state index contributed by atoms with van der Waals surface area (Å²) in [5, 5.41) is 5.91. The molecule has 0 aliphatic carbocycles. The first-order valence-electron chi connectivity index (χ1n) is 10.3. The molecule has 0 atom stereocenters. The van der Waals surface area contributed by atoms with Crippen molar-refractivity contribution in [3.8, 4) is 0 Å². The van der Waals surface area contributed by atoms with Crippen LogP contribution in [0.3, 0.4) is 0 Å². The number of benzene rings is 1. The van der Waals surface area contributed by atoms with Crippen LogP contribution in [0.25, 0.3) is 0 Å². The number of amides is 2. The lowest BCUT2D eigenvalue weighted by Gasteiger charge is -2.17. The second kappa shape index (κ2) is 9.69. The first kappa shape index (κ1) is 21.0. The highest BCUT2D eigenvalue weighted by Crippen LogP contribution is 2.21. The molecule has 7 nitrogen and oxygen atoms in total. The lowest BCUT2D eigenvalue weighted by molar-refractivity contribution is 0.0935. The normalized spacial score (nSPS) is 13.2. The number of carbonyl (C=O) groups is 2. The Morgan fingerprint density at radius 3 is 2.69 bits per heavy atom. The number of aromatic nitrogens is 2. The van der Waals surface area contributed by atoms with Gasteiger partial charge in [0.2, 0.25) is 0 Å². The zero-order chi connectivity index (χ0) is 20.8. The number of hydrogen-bond acceptors (Lipinski definition) is 4. The third kappa shape index (κ3) is 5.23. The lowest BCUT2D eigenvalue weighted by atomic mass is 10.1. The summed E-state index contributed by atoms with van der Waals surface area (Å²) in [5.74, 6) is -0.0813. The predicted molar refractivity (Wildman–Crippen MR) is 113 cm³/mol. The number of nitrogens with one attached hydrogen (secondary N) is 2. The maximum Gasteiger partial charge on any atom is 0.287 e. The van der Waals surface area contributed by atoms with Gasteiger partial charge in [-0.05, 0) is 64.4 Å². The van der Waals surface area contributed by atoms with Crippen LogP contribution in [0.2, 0.25) is 0 Å². The van der Waals surface area contributed by atoms with Crippen LogP contribution in [0.5, 0.6) is 0 Å². The van der Waals surface area contributed by atoms with E-state index in [1.807, 2.05) is 49.9 Å². The van der Waals surface area contributed by atoms with Gasteiger partial charge in [0, 0.05) is 19.6 Å². The molecule has 0 radical (unpaired) electrons. The molecule has 0 saturated heterocycles. The Bertz CT molecular complexity index is 872. The molecule has 0 bridgehead atoms. The Balaban J connectivity index is 1.71. The van der Waals surface area contributed by atoms with Crippen LogP contribution in [-0.4, -0.2) is 53.5 Å². The van der Waals surface area contributed by atoms with Crippen molar-refractivity contribution in [2.45, 2.75) is 45.7 Å². The maximum atomic E-state index is 12.8. The van der Waals surface area contributed by atoms with E-state index < -0.39 is 0 Å². The molecule has 29 heavy (non-hydrogen) atoms. The number of nitrogens with zero attached hydrogens (tertiary/aromatic N) is 3. The second-order valence-electron chi connectivity index (χ2n) is 7.86. The number of rotatable bonds is 8. The average Bonchev–Trinajstić information content (AvgIpc) is 3.10. The van der Waals surface area contributed by atoms with E-state index in [1.54, 1.807) is 0 Å². The van der Waals surface area contributed by atoms with Gasteiger partial charge in [-0.1, -0.05) is 24.3 Å². The maximum absolute atomic E-state index is 12.8. The third-order valence-corrected chi connectivity index (χ3v) is 5.30. The predicted octanol–water partition coefficient (Wildman–Crippen LogP) is 2.14. The van der Waals surface area contributed by atoms with Crippen LogP contribution < -0.4 is 10.6 Å². The van der Waals surface area contributed by atoms with Crippen molar-refractivity contribution in [3.05, 3.63) is 52.6 Å². The molecule has 1 aromatic heterocycles. The molecule has 0 spiro atoms. The quantitative estimate of drug-likeness (QED) is 0.669. The minimum Gasteiger partial charge on any atom is -0.351 e. The third-order valence-electron chi connectivity index (χ3n) is 5.30. The number of aryl methyl sites for hydroxylation is 1. The Kier molecular flexibility index (Phi) is 7.04. The summed E-state index contributed by atoms with van der Waals surface area (Å²) in [7, 11) is 4.02. The van der Waals surface area contributed by atoms with Gasteiger partial charge in [0.25, 0.3) is 11.8 Å². The van der Waals surface area contributed by atoms with E-state index in [1.165, 1.54) is 0 Å². The van der Waals surface area contributed by atoms with E-state index >= 15 is 0 Å². The number of fused-ring (bicyclic) bond motifs is 1. The van der Waals surface area contributed by atoms with Crippen molar-refractivity contribution >= 4 is 11.8 Å². The summed E-state index contributed by atoms with van der Waals surface area (Å²) < 4.78 is 1.92. The molecule has 0 unspecified atom stereocenters. The van der Waals surface area contributed by atoms with Gasteiger partial charge in [0.05, 0.1) is 5.69 Å². The van der Waals surface area contributed by atoms with Crippen molar-refractivity contribution in [1.82, 2.24) is 25.1 Å². The van der Waals surface area contributed by atoms with Crippen LogP contribution in [0.15, 0.2) is 24.3 Å². The largest absolute Gasteiger partial charge is 0.351 e. The van der Waals surface area contributed by atoms with E-state index in [-0.39, 0.29) is 11.8 Å². The smallest absolute Gasteiger partial charge is 0.287 e. The zero-order valence-electron chi connectivity index (χ0n) is 17.6. The van der Waals surface area contributed by atoms with E-state index in [9.17, 15) is 9.59 Å². The topological polar surface area (TPSA) is 79.3 Å². The monoisotopic (exact) mass is 397 g/mol. The van der Waals surface area contributed by atoms with Crippen LogP contribution in [0, 0.1) is 6.92 Å². The molecule has 0 saturated carbocycles. The molecule has 2 aromatic rings. The highest BCUT2D eigenvalue weighted by molar-refractivity contribution is 5.97. The fourth-order valence-corrected chi connectivity index (χ4v) is 3.64. The first-order valence-corrected chi connectivity index (χ1v) is 10.3. The van der Waals surface area contributed by atoms with E-state index in [0.29, 0.717) is 24.6 Å². The molecular formula is C22H31N5O2. The molecule has 2 heterocycles. The van der Waals surface area contributed by atoms with Gasteiger partial charge in [0.15, 0.2) is 5.82 Å². The number of imidazole rings is 1. The van der Waals surface area contributed by atoms with Crippen molar-refractivity contribution in [2.24, 2.45) is 0 Å². The molecule has 1 aromatic carbocycles. The Morgan fingerprint density at radius 2 is 1.93 bits per heavy atom. The summed E-state index contributed by atoms with van der Waals surface area (Å²) in [6.07, 6.45) is 3.65.